The number of nitrogens with one attached hydrogen (secondary N) is 1. The zero-order chi connectivity index (χ0) is 19.6. The van der Waals surface area contributed by atoms with Gasteiger partial charge in [0.2, 0.25) is 0 Å². The standard InChI is InChI=1S/C20H22N2O4S/c1-14-5-9-16(10-6-14)19(23)18-4-3-13-22(18)20(24)21-27(25,26)17-11-7-15(2)8-12-17/h5-12,18H,3-4,13H2,1-2H3,(H,21,24). The van der Waals surface area contributed by atoms with Gasteiger partial charge in [-0.2, -0.15) is 0 Å². The Balaban J connectivity index is 1.76. The molecule has 0 aromatic heterocycles. The molecular formula is C20H22N2O4S. The average Bonchev–Trinajstić information content (AvgIpc) is 3.11. The van der Waals surface area contributed by atoms with Gasteiger partial charge in [0.25, 0.3) is 10.0 Å². The molecule has 142 valence electrons. The van der Waals surface area contributed by atoms with E-state index >= 15 is 0 Å². The van der Waals surface area contributed by atoms with Crippen LogP contribution in [-0.2, 0) is 10.0 Å². The maximum absolute atomic E-state index is 12.8. The minimum absolute atomic E-state index is 0.0158. The molecule has 1 atom stereocenters. The van der Waals surface area contributed by atoms with Gasteiger partial charge in [-0.25, -0.2) is 17.9 Å². The van der Waals surface area contributed by atoms with Gasteiger partial charge in [0.1, 0.15) is 0 Å². The number of carbonyl (C=O) groups is 2. The van der Waals surface area contributed by atoms with E-state index in [1.165, 1.54) is 17.0 Å². The van der Waals surface area contributed by atoms with Crippen LogP contribution in [0, 0.1) is 13.8 Å². The number of benzene rings is 2. The molecule has 0 saturated carbocycles. The van der Waals surface area contributed by atoms with Crippen molar-refractivity contribution < 1.29 is 18.0 Å². The quantitative estimate of drug-likeness (QED) is 0.819. The number of urea groups is 1. The van der Waals surface area contributed by atoms with E-state index in [0.29, 0.717) is 24.9 Å². The van der Waals surface area contributed by atoms with Gasteiger partial charge >= 0.3 is 6.03 Å². The molecule has 2 amide bonds. The smallest absolute Gasteiger partial charge is 0.314 e. The van der Waals surface area contributed by atoms with Crippen LogP contribution in [0.1, 0.15) is 34.3 Å². The largest absolute Gasteiger partial charge is 0.331 e. The summed E-state index contributed by atoms with van der Waals surface area (Å²) in [6.45, 7) is 4.12. The Labute approximate surface area is 159 Å². The summed E-state index contributed by atoms with van der Waals surface area (Å²) in [5, 5.41) is 0. The normalized spacial score (nSPS) is 17.0. The Bertz CT molecular complexity index is 950. The van der Waals surface area contributed by atoms with Gasteiger partial charge in [0.15, 0.2) is 5.78 Å². The number of nitrogens with zero attached hydrogens (tertiary/aromatic N) is 1. The Morgan fingerprint density at radius 3 is 2.11 bits per heavy atom. The van der Waals surface area contributed by atoms with Gasteiger partial charge in [0, 0.05) is 12.1 Å². The summed E-state index contributed by atoms with van der Waals surface area (Å²) in [6, 6.07) is 12.0. The fourth-order valence-corrected chi connectivity index (χ4v) is 4.10. The van der Waals surface area contributed by atoms with Crippen molar-refractivity contribution >= 4 is 21.8 Å². The zero-order valence-corrected chi connectivity index (χ0v) is 16.1. The van der Waals surface area contributed by atoms with Crippen LogP contribution < -0.4 is 4.72 Å². The molecule has 7 heteroatoms. The van der Waals surface area contributed by atoms with Gasteiger partial charge in [-0.15, -0.1) is 0 Å². The van der Waals surface area contributed by atoms with E-state index in [4.69, 9.17) is 0 Å². The predicted molar refractivity (Wildman–Crippen MR) is 102 cm³/mol. The number of carbonyl (C=O) groups excluding carboxylic acids is 2. The molecule has 2 aromatic rings. The van der Waals surface area contributed by atoms with Crippen molar-refractivity contribution in [1.29, 1.82) is 0 Å². The van der Waals surface area contributed by atoms with Crippen molar-refractivity contribution in [3.63, 3.8) is 0 Å². The zero-order valence-electron chi connectivity index (χ0n) is 15.3. The molecule has 27 heavy (non-hydrogen) atoms. The van der Waals surface area contributed by atoms with Crippen LogP contribution in [-0.4, -0.2) is 37.7 Å². The van der Waals surface area contributed by atoms with Crippen molar-refractivity contribution in [2.75, 3.05) is 6.54 Å². The third-order valence-corrected chi connectivity index (χ3v) is 6.04. The highest BCUT2D eigenvalue weighted by Gasteiger charge is 2.36. The number of likely N-dealkylation sites (tertiary alicyclic amines) is 1. The molecule has 3 rings (SSSR count). The molecule has 2 aromatic carbocycles. The summed E-state index contributed by atoms with van der Waals surface area (Å²) < 4.78 is 27.0. The lowest BCUT2D eigenvalue weighted by molar-refractivity contribution is 0.0889. The number of sulfonamides is 1. The van der Waals surface area contributed by atoms with Crippen LogP contribution in [0.2, 0.25) is 0 Å². The first kappa shape index (κ1) is 19.1. The highest BCUT2D eigenvalue weighted by atomic mass is 32.2. The molecule has 1 fully saturated rings. The first-order valence-corrected chi connectivity index (χ1v) is 10.3. The molecule has 0 aliphatic carbocycles. The SMILES string of the molecule is Cc1ccc(C(=O)C2CCCN2C(=O)NS(=O)(=O)c2ccc(C)cc2)cc1. The van der Waals surface area contributed by atoms with Gasteiger partial charge < -0.3 is 4.90 Å². The molecule has 1 heterocycles. The maximum Gasteiger partial charge on any atom is 0.331 e. The molecular weight excluding hydrogens is 364 g/mol. The molecule has 1 saturated heterocycles. The second kappa shape index (κ2) is 7.52. The van der Waals surface area contributed by atoms with Crippen LogP contribution in [0.15, 0.2) is 53.4 Å². The van der Waals surface area contributed by atoms with Gasteiger partial charge in [-0.1, -0.05) is 47.5 Å². The minimum atomic E-state index is -3.99. The molecule has 1 N–H and O–H groups in total. The average molecular weight is 386 g/mol. The Hall–Kier alpha value is -2.67. The molecule has 0 bridgehead atoms. The van der Waals surface area contributed by atoms with Crippen LogP contribution in [0.4, 0.5) is 4.79 Å². The number of hydrogen-bond acceptors (Lipinski definition) is 4. The lowest BCUT2D eigenvalue weighted by Crippen LogP contribution is -2.47. The van der Waals surface area contributed by atoms with Gasteiger partial charge in [-0.05, 0) is 38.8 Å². The third-order valence-electron chi connectivity index (χ3n) is 4.71. The number of Topliss-reactive ketones (excluding diaryl/α,β-unsaturated/α-hetero) is 1. The summed E-state index contributed by atoms with van der Waals surface area (Å²) in [4.78, 5) is 26.7. The highest BCUT2D eigenvalue weighted by Crippen LogP contribution is 2.22. The predicted octanol–water partition coefficient (Wildman–Crippen LogP) is 3.05. The van der Waals surface area contributed by atoms with Crippen LogP contribution in [0.25, 0.3) is 0 Å². The number of ketones is 1. The minimum Gasteiger partial charge on any atom is -0.314 e. The summed E-state index contributed by atoms with van der Waals surface area (Å²) >= 11 is 0. The third kappa shape index (κ3) is 4.19. The van der Waals surface area contributed by atoms with E-state index in [-0.39, 0.29) is 10.7 Å². The van der Waals surface area contributed by atoms with Crippen LogP contribution >= 0.6 is 0 Å². The van der Waals surface area contributed by atoms with E-state index in [1.807, 2.05) is 26.0 Å². The molecule has 0 spiro atoms. The molecule has 1 aliphatic rings. The summed E-state index contributed by atoms with van der Waals surface area (Å²) in [5.41, 5.74) is 2.48. The summed E-state index contributed by atoms with van der Waals surface area (Å²) in [6.07, 6.45) is 1.17. The number of amides is 2. The lowest BCUT2D eigenvalue weighted by atomic mass is 10.0. The first-order chi connectivity index (χ1) is 12.8. The second-order valence-corrected chi connectivity index (χ2v) is 8.49. The number of rotatable bonds is 4. The second-order valence-electron chi connectivity index (χ2n) is 6.81. The Morgan fingerprint density at radius 1 is 0.963 bits per heavy atom. The lowest BCUT2D eigenvalue weighted by Gasteiger charge is -2.24. The molecule has 1 aliphatic heterocycles. The van der Waals surface area contributed by atoms with Crippen molar-refractivity contribution in [2.45, 2.75) is 37.6 Å². The van der Waals surface area contributed by atoms with Crippen molar-refractivity contribution in [3.8, 4) is 0 Å². The Kier molecular flexibility index (Phi) is 5.32. The van der Waals surface area contributed by atoms with E-state index < -0.39 is 22.1 Å². The molecule has 0 radical (unpaired) electrons. The topological polar surface area (TPSA) is 83.6 Å². The van der Waals surface area contributed by atoms with E-state index in [0.717, 1.165) is 11.1 Å². The van der Waals surface area contributed by atoms with E-state index in [1.54, 1.807) is 24.3 Å². The summed E-state index contributed by atoms with van der Waals surface area (Å²) in [7, 11) is -3.99. The van der Waals surface area contributed by atoms with Crippen molar-refractivity contribution in [1.82, 2.24) is 9.62 Å². The van der Waals surface area contributed by atoms with Gasteiger partial charge in [0.05, 0.1) is 10.9 Å². The maximum atomic E-state index is 12.8. The number of aryl methyl sites for hydroxylation is 2. The van der Waals surface area contributed by atoms with E-state index in [2.05, 4.69) is 4.72 Å². The van der Waals surface area contributed by atoms with Crippen molar-refractivity contribution in [3.05, 3.63) is 65.2 Å². The van der Waals surface area contributed by atoms with Crippen LogP contribution in [0.5, 0.6) is 0 Å². The van der Waals surface area contributed by atoms with Crippen molar-refractivity contribution in [2.24, 2.45) is 0 Å². The fraction of sp³-hybridized carbons (Fsp3) is 0.300. The Morgan fingerprint density at radius 2 is 1.52 bits per heavy atom. The van der Waals surface area contributed by atoms with Crippen LogP contribution in [0.3, 0.4) is 0 Å². The monoisotopic (exact) mass is 386 g/mol. The van der Waals surface area contributed by atoms with E-state index in [9.17, 15) is 18.0 Å². The fourth-order valence-electron chi connectivity index (χ4n) is 3.14. The molecule has 6 nitrogen and oxygen atoms in total. The first-order valence-electron chi connectivity index (χ1n) is 8.79. The summed E-state index contributed by atoms with van der Waals surface area (Å²) in [5.74, 6) is -0.171. The number of hydrogen-bond donors (Lipinski definition) is 1. The highest BCUT2D eigenvalue weighted by molar-refractivity contribution is 7.90. The molecule has 1 unspecified atom stereocenters. The van der Waals surface area contributed by atoms with Gasteiger partial charge in [-0.3, -0.25) is 4.79 Å².